The van der Waals surface area contributed by atoms with Crippen LogP contribution in [0.3, 0.4) is 0 Å². The summed E-state index contributed by atoms with van der Waals surface area (Å²) in [6, 6.07) is 11.4. The largest absolute Gasteiger partial charge is 0.377 e. The highest BCUT2D eigenvalue weighted by Crippen LogP contribution is 2.60. The van der Waals surface area contributed by atoms with Gasteiger partial charge in [0, 0.05) is 30.5 Å². The third-order valence-electron chi connectivity index (χ3n) is 6.55. The number of nitrogens with one attached hydrogen (secondary N) is 2. The van der Waals surface area contributed by atoms with E-state index in [1.54, 1.807) is 0 Å². The van der Waals surface area contributed by atoms with E-state index in [-0.39, 0.29) is 6.04 Å². The third-order valence-corrected chi connectivity index (χ3v) is 6.55. The predicted molar refractivity (Wildman–Crippen MR) is 102 cm³/mol. The Morgan fingerprint density at radius 3 is 2.76 bits per heavy atom. The van der Waals surface area contributed by atoms with Crippen LogP contribution in [0, 0.1) is 11.3 Å². The Labute approximate surface area is 151 Å². The summed E-state index contributed by atoms with van der Waals surface area (Å²) in [5.74, 6) is 1.62. The van der Waals surface area contributed by atoms with Crippen molar-refractivity contribution in [1.82, 2.24) is 10.6 Å². The van der Waals surface area contributed by atoms with Gasteiger partial charge in [-0.15, -0.1) is 0 Å². The van der Waals surface area contributed by atoms with Crippen LogP contribution in [0.4, 0.5) is 0 Å². The zero-order valence-corrected chi connectivity index (χ0v) is 15.5. The zero-order valence-electron chi connectivity index (χ0n) is 15.5. The summed E-state index contributed by atoms with van der Waals surface area (Å²) in [5.41, 5.74) is 1.65. The fourth-order valence-corrected chi connectivity index (χ4v) is 5.37. The number of ether oxygens (including phenoxy) is 1. The Bertz CT molecular complexity index is 609. The van der Waals surface area contributed by atoms with Gasteiger partial charge in [0.15, 0.2) is 5.96 Å². The van der Waals surface area contributed by atoms with E-state index in [9.17, 15) is 0 Å². The minimum absolute atomic E-state index is 0.245. The molecule has 0 aromatic heterocycles. The van der Waals surface area contributed by atoms with Crippen molar-refractivity contribution in [3.05, 3.63) is 35.9 Å². The molecule has 3 aliphatic rings. The molecule has 4 heteroatoms. The molecule has 3 fully saturated rings. The van der Waals surface area contributed by atoms with Crippen molar-refractivity contribution in [3.8, 4) is 0 Å². The maximum Gasteiger partial charge on any atom is 0.191 e. The molecule has 25 heavy (non-hydrogen) atoms. The normalized spacial score (nSPS) is 31.4. The number of hydrogen-bond donors (Lipinski definition) is 2. The van der Waals surface area contributed by atoms with Crippen LogP contribution in [0.25, 0.3) is 0 Å². The van der Waals surface area contributed by atoms with Crippen LogP contribution >= 0.6 is 0 Å². The molecule has 1 saturated heterocycles. The molecule has 2 N–H and O–H groups in total. The lowest BCUT2D eigenvalue weighted by Crippen LogP contribution is -2.69. The lowest BCUT2D eigenvalue weighted by molar-refractivity contribution is -0.125. The van der Waals surface area contributed by atoms with Gasteiger partial charge in [0.05, 0.1) is 12.1 Å². The maximum atomic E-state index is 6.11. The minimum atomic E-state index is 0.245. The van der Waals surface area contributed by atoms with Crippen LogP contribution in [0.15, 0.2) is 35.3 Å². The van der Waals surface area contributed by atoms with E-state index < -0.39 is 0 Å². The smallest absolute Gasteiger partial charge is 0.191 e. The van der Waals surface area contributed by atoms with Gasteiger partial charge in [0.1, 0.15) is 0 Å². The molecule has 0 amide bonds. The summed E-state index contributed by atoms with van der Waals surface area (Å²) in [5, 5.41) is 7.44. The van der Waals surface area contributed by atoms with Gasteiger partial charge in [0.25, 0.3) is 0 Å². The summed E-state index contributed by atoms with van der Waals surface area (Å²) < 4.78 is 6.11. The van der Waals surface area contributed by atoms with Crippen molar-refractivity contribution in [2.24, 2.45) is 16.3 Å². The standard InChI is InChI=1S/C21H31N3O/c1-3-22-20(23-15(2)16-9-5-4-6-10-16)24-18-17-11-14-25-19(17)21(18)12-7-8-13-21/h4-6,9-10,15,17-19H,3,7-8,11-14H2,1-2H3,(H2,22,23,24). The van der Waals surface area contributed by atoms with E-state index in [4.69, 9.17) is 9.73 Å². The molecule has 4 nitrogen and oxygen atoms in total. The van der Waals surface area contributed by atoms with Crippen molar-refractivity contribution in [2.75, 3.05) is 13.2 Å². The lowest BCUT2D eigenvalue weighted by Gasteiger charge is -2.57. The lowest BCUT2D eigenvalue weighted by atomic mass is 9.54. The molecule has 1 aromatic rings. The molecular formula is C21H31N3O. The van der Waals surface area contributed by atoms with E-state index in [0.717, 1.165) is 19.1 Å². The van der Waals surface area contributed by atoms with Crippen molar-refractivity contribution in [2.45, 2.75) is 64.1 Å². The number of guanidine groups is 1. The minimum Gasteiger partial charge on any atom is -0.377 e. The molecule has 1 heterocycles. The molecule has 2 aliphatic carbocycles. The second-order valence-corrected chi connectivity index (χ2v) is 7.91. The van der Waals surface area contributed by atoms with Crippen molar-refractivity contribution >= 4 is 5.96 Å². The topological polar surface area (TPSA) is 45.7 Å². The first-order valence-electron chi connectivity index (χ1n) is 9.98. The molecule has 1 aromatic carbocycles. The highest BCUT2D eigenvalue weighted by Gasteiger charge is 2.65. The van der Waals surface area contributed by atoms with E-state index in [2.05, 4.69) is 54.8 Å². The first-order valence-corrected chi connectivity index (χ1v) is 9.98. The Morgan fingerprint density at radius 1 is 1.28 bits per heavy atom. The molecular weight excluding hydrogens is 310 g/mol. The van der Waals surface area contributed by atoms with Crippen molar-refractivity contribution in [1.29, 1.82) is 0 Å². The van der Waals surface area contributed by atoms with Gasteiger partial charge in [-0.25, -0.2) is 0 Å². The quantitative estimate of drug-likeness (QED) is 0.649. The Kier molecular flexibility index (Phi) is 4.72. The third kappa shape index (κ3) is 2.95. The van der Waals surface area contributed by atoms with Gasteiger partial charge >= 0.3 is 0 Å². The van der Waals surface area contributed by atoms with Crippen LogP contribution in [-0.2, 0) is 4.74 Å². The fraction of sp³-hybridized carbons (Fsp3) is 0.667. The van der Waals surface area contributed by atoms with Crippen molar-refractivity contribution in [3.63, 3.8) is 0 Å². The summed E-state index contributed by atoms with van der Waals surface area (Å²) in [7, 11) is 0. The Hall–Kier alpha value is -1.55. The van der Waals surface area contributed by atoms with Gasteiger partial charge in [-0.2, -0.15) is 0 Å². The molecule has 0 radical (unpaired) electrons. The number of nitrogens with zero attached hydrogens (tertiary/aromatic N) is 1. The zero-order chi connectivity index (χ0) is 17.3. The molecule has 2 saturated carbocycles. The van der Waals surface area contributed by atoms with Crippen LogP contribution < -0.4 is 10.6 Å². The highest BCUT2D eigenvalue weighted by molar-refractivity contribution is 5.81. The van der Waals surface area contributed by atoms with E-state index >= 15 is 0 Å². The van der Waals surface area contributed by atoms with E-state index in [1.165, 1.54) is 37.7 Å². The van der Waals surface area contributed by atoms with Crippen LogP contribution in [0.5, 0.6) is 0 Å². The summed E-state index contributed by atoms with van der Waals surface area (Å²) in [6.45, 7) is 6.03. The maximum absolute atomic E-state index is 6.11. The average molecular weight is 341 g/mol. The number of rotatable bonds is 4. The molecule has 4 unspecified atom stereocenters. The summed E-state index contributed by atoms with van der Waals surface area (Å²) >= 11 is 0. The fourth-order valence-electron chi connectivity index (χ4n) is 5.37. The molecule has 1 spiro atoms. The molecule has 4 atom stereocenters. The number of aliphatic imine (C=N–C) groups is 1. The number of fused-ring (bicyclic) bond motifs is 2. The average Bonchev–Trinajstić information content (AvgIpc) is 3.29. The summed E-state index contributed by atoms with van der Waals surface area (Å²) in [6.07, 6.45) is 6.98. The van der Waals surface area contributed by atoms with Crippen molar-refractivity contribution < 1.29 is 4.74 Å². The molecule has 136 valence electrons. The second kappa shape index (κ2) is 6.99. The van der Waals surface area contributed by atoms with Gasteiger partial charge in [-0.3, -0.25) is 4.99 Å². The Morgan fingerprint density at radius 2 is 2.04 bits per heavy atom. The summed E-state index contributed by atoms with van der Waals surface area (Å²) in [4.78, 5) is 4.73. The van der Waals surface area contributed by atoms with Gasteiger partial charge < -0.3 is 15.4 Å². The van der Waals surface area contributed by atoms with Gasteiger partial charge in [-0.05, 0) is 38.7 Å². The van der Waals surface area contributed by atoms with Crippen LogP contribution in [0.2, 0.25) is 0 Å². The molecule has 0 bridgehead atoms. The first kappa shape index (κ1) is 16.9. The second-order valence-electron chi connectivity index (χ2n) is 7.91. The van der Waals surface area contributed by atoms with Gasteiger partial charge in [0.2, 0.25) is 0 Å². The SMILES string of the molecule is CCN=C(NC(C)c1ccccc1)NC1C2CCOC2C12CCCC2. The van der Waals surface area contributed by atoms with Gasteiger partial charge in [-0.1, -0.05) is 43.2 Å². The highest BCUT2D eigenvalue weighted by atomic mass is 16.5. The van der Waals surface area contributed by atoms with E-state index in [1.807, 2.05) is 0 Å². The Balaban J connectivity index is 1.47. The van der Waals surface area contributed by atoms with Crippen LogP contribution in [0.1, 0.15) is 57.6 Å². The van der Waals surface area contributed by atoms with E-state index in [0.29, 0.717) is 23.5 Å². The monoisotopic (exact) mass is 341 g/mol. The molecule has 1 aliphatic heterocycles. The molecule has 4 rings (SSSR count). The van der Waals surface area contributed by atoms with Crippen LogP contribution in [-0.4, -0.2) is 31.3 Å². The number of hydrogen-bond acceptors (Lipinski definition) is 2. The first-order chi connectivity index (χ1) is 12.2. The number of benzene rings is 1. The predicted octanol–water partition coefficient (Wildman–Crippen LogP) is 3.65.